The Bertz CT molecular complexity index is 1090. The lowest BCUT2D eigenvalue weighted by Gasteiger charge is -2.30. The molecule has 3 atom stereocenters. The van der Waals surface area contributed by atoms with Crippen molar-refractivity contribution < 1.29 is 17.9 Å². The first-order valence-electron chi connectivity index (χ1n) is 11.5. The molecule has 0 aromatic heterocycles. The number of hydrogen-bond acceptors (Lipinski definition) is 6. The normalized spacial score (nSPS) is 26.9. The van der Waals surface area contributed by atoms with Crippen molar-refractivity contribution in [2.24, 2.45) is 0 Å². The third-order valence-electron chi connectivity index (χ3n) is 7.04. The van der Waals surface area contributed by atoms with Gasteiger partial charge in [0.1, 0.15) is 5.75 Å². The molecule has 2 aromatic carbocycles. The van der Waals surface area contributed by atoms with Gasteiger partial charge in [-0.2, -0.15) is 0 Å². The minimum atomic E-state index is -3.03. The Hall–Kier alpha value is -2.03. The van der Waals surface area contributed by atoms with Crippen LogP contribution in [0.5, 0.6) is 5.75 Å². The second-order valence-electron chi connectivity index (χ2n) is 9.30. The number of carbonyl (C=O) groups excluding carboxylic acids is 1. The zero-order valence-electron chi connectivity index (χ0n) is 18.8. The third kappa shape index (κ3) is 5.08. The Morgan fingerprint density at radius 2 is 1.79 bits per heavy atom. The van der Waals surface area contributed by atoms with Gasteiger partial charge >= 0.3 is 0 Å². The van der Waals surface area contributed by atoms with E-state index in [1.54, 1.807) is 7.11 Å². The van der Waals surface area contributed by atoms with Crippen molar-refractivity contribution in [1.29, 1.82) is 0 Å². The van der Waals surface area contributed by atoms with Crippen LogP contribution in [0.1, 0.15) is 24.0 Å². The molecule has 0 unspecified atom stereocenters. The van der Waals surface area contributed by atoms with E-state index < -0.39 is 9.84 Å². The highest BCUT2D eigenvalue weighted by Gasteiger charge is 2.43. The molecule has 2 saturated heterocycles. The molecule has 1 amide bonds. The summed E-state index contributed by atoms with van der Waals surface area (Å²) in [5.41, 5.74) is 2.74. The maximum atomic E-state index is 13.4. The second kappa shape index (κ2) is 9.31. The number of thioether (sulfide) groups is 1. The Labute approximate surface area is 200 Å². The van der Waals surface area contributed by atoms with E-state index in [0.29, 0.717) is 17.7 Å². The van der Waals surface area contributed by atoms with Crippen molar-refractivity contribution in [2.45, 2.75) is 54.0 Å². The molecule has 8 heteroatoms. The van der Waals surface area contributed by atoms with Crippen molar-refractivity contribution in [3.05, 3.63) is 59.7 Å². The van der Waals surface area contributed by atoms with Crippen molar-refractivity contribution in [1.82, 2.24) is 10.2 Å². The molecule has 0 bridgehead atoms. The lowest BCUT2D eigenvalue weighted by Crippen LogP contribution is -2.50. The van der Waals surface area contributed by atoms with Gasteiger partial charge in [0.2, 0.25) is 5.91 Å². The minimum absolute atomic E-state index is 0.0223. The smallest absolute Gasteiger partial charge is 0.237 e. The molecule has 0 spiro atoms. The lowest BCUT2D eigenvalue weighted by molar-refractivity contribution is -0.126. The summed E-state index contributed by atoms with van der Waals surface area (Å²) in [6.07, 6.45) is 3.18. The van der Waals surface area contributed by atoms with Gasteiger partial charge in [-0.1, -0.05) is 24.3 Å². The fraction of sp³-hybridized carbons (Fsp3) is 0.480. The van der Waals surface area contributed by atoms with Crippen LogP contribution in [0.15, 0.2) is 53.4 Å². The summed E-state index contributed by atoms with van der Waals surface area (Å²) < 4.78 is 29.0. The monoisotopic (exact) mass is 486 g/mol. The number of carbonyl (C=O) groups is 1. The number of likely N-dealkylation sites (tertiary alicyclic amines) is 1. The van der Waals surface area contributed by atoms with Crippen LogP contribution in [-0.4, -0.2) is 67.8 Å². The average molecular weight is 487 g/mol. The zero-order valence-corrected chi connectivity index (χ0v) is 20.4. The number of benzene rings is 2. The van der Waals surface area contributed by atoms with E-state index in [1.807, 2.05) is 23.9 Å². The van der Waals surface area contributed by atoms with Gasteiger partial charge in [-0.05, 0) is 61.1 Å². The molecule has 2 fully saturated rings. The first kappa shape index (κ1) is 22.7. The van der Waals surface area contributed by atoms with Crippen molar-refractivity contribution in [3.63, 3.8) is 0 Å². The average Bonchev–Trinajstić information content (AvgIpc) is 3.50. The summed E-state index contributed by atoms with van der Waals surface area (Å²) in [6, 6.07) is 16.4. The topological polar surface area (TPSA) is 75.7 Å². The number of rotatable bonds is 6. The van der Waals surface area contributed by atoms with Crippen LogP contribution in [0.25, 0.3) is 0 Å². The van der Waals surface area contributed by atoms with Crippen LogP contribution in [-0.2, 0) is 27.5 Å². The summed E-state index contributed by atoms with van der Waals surface area (Å²) in [7, 11) is -1.37. The number of sulfone groups is 1. The van der Waals surface area contributed by atoms with E-state index >= 15 is 0 Å². The molecule has 2 aliphatic heterocycles. The summed E-state index contributed by atoms with van der Waals surface area (Å²) in [6.45, 7) is 0.844. The predicted octanol–water partition coefficient (Wildman–Crippen LogP) is 2.70. The fourth-order valence-electron chi connectivity index (χ4n) is 5.39. The van der Waals surface area contributed by atoms with E-state index in [2.05, 4.69) is 46.6 Å². The molecular weight excluding hydrogens is 456 g/mol. The van der Waals surface area contributed by atoms with Crippen molar-refractivity contribution in [2.75, 3.05) is 25.2 Å². The van der Waals surface area contributed by atoms with E-state index in [4.69, 9.17) is 4.74 Å². The van der Waals surface area contributed by atoms with E-state index in [9.17, 15) is 13.2 Å². The van der Waals surface area contributed by atoms with Gasteiger partial charge in [0.15, 0.2) is 9.84 Å². The van der Waals surface area contributed by atoms with Crippen molar-refractivity contribution >= 4 is 27.5 Å². The Morgan fingerprint density at radius 3 is 2.39 bits per heavy atom. The molecule has 0 saturated carbocycles. The van der Waals surface area contributed by atoms with Gasteiger partial charge in [-0.25, -0.2) is 8.42 Å². The van der Waals surface area contributed by atoms with Crippen LogP contribution in [0.4, 0.5) is 0 Å². The third-order valence-corrected chi connectivity index (χ3v) is 10.0. The number of nitrogens with zero attached hydrogens (tertiary/aromatic N) is 1. The highest BCUT2D eigenvalue weighted by Crippen LogP contribution is 2.37. The first-order chi connectivity index (χ1) is 15.9. The number of fused-ring (bicyclic) bond motifs is 1. The molecular formula is C25H30N2O4S2. The van der Waals surface area contributed by atoms with Gasteiger partial charge in [0, 0.05) is 28.8 Å². The maximum Gasteiger partial charge on any atom is 0.237 e. The van der Waals surface area contributed by atoms with Gasteiger partial charge in [0.05, 0.1) is 24.7 Å². The van der Waals surface area contributed by atoms with Crippen LogP contribution in [0.3, 0.4) is 0 Å². The summed E-state index contributed by atoms with van der Waals surface area (Å²) in [4.78, 5) is 16.9. The van der Waals surface area contributed by atoms with Crippen LogP contribution < -0.4 is 10.1 Å². The van der Waals surface area contributed by atoms with Gasteiger partial charge in [0.25, 0.3) is 0 Å². The molecule has 33 heavy (non-hydrogen) atoms. The highest BCUT2D eigenvalue weighted by atomic mass is 32.2. The summed E-state index contributed by atoms with van der Waals surface area (Å²) in [5.74, 6) is 1.04. The standard InChI is InChI=1S/C25H30N2O4S2/c1-31-21-6-8-22(9-7-21)32-23-14-24(25(28)26-19-10-11-33(29,30)16-19)27(15-23)20-12-17-4-2-3-5-18(17)13-20/h2-9,19-20,23-24H,10-16H2,1H3,(H,26,28)/t19-,23-,24+/m1/s1. The molecule has 176 valence electrons. The number of methoxy groups -OCH3 is 1. The molecule has 1 aliphatic carbocycles. The lowest BCUT2D eigenvalue weighted by atomic mass is 10.1. The largest absolute Gasteiger partial charge is 0.497 e. The van der Waals surface area contributed by atoms with E-state index in [0.717, 1.165) is 31.6 Å². The second-order valence-corrected chi connectivity index (χ2v) is 12.9. The number of hydrogen-bond donors (Lipinski definition) is 1. The fourth-order valence-corrected chi connectivity index (χ4v) is 8.27. The van der Waals surface area contributed by atoms with Gasteiger partial charge < -0.3 is 10.1 Å². The zero-order chi connectivity index (χ0) is 23.0. The van der Waals surface area contributed by atoms with Gasteiger partial charge in [-0.15, -0.1) is 11.8 Å². The Kier molecular flexibility index (Phi) is 6.42. The van der Waals surface area contributed by atoms with Crippen LogP contribution in [0, 0.1) is 0 Å². The van der Waals surface area contributed by atoms with Crippen LogP contribution in [0.2, 0.25) is 0 Å². The number of ether oxygens (including phenoxy) is 1. The maximum absolute atomic E-state index is 13.4. The molecule has 2 aromatic rings. The first-order valence-corrected chi connectivity index (χ1v) is 14.2. The van der Waals surface area contributed by atoms with Gasteiger partial charge in [-0.3, -0.25) is 9.69 Å². The summed E-state index contributed by atoms with van der Waals surface area (Å²) >= 11 is 1.81. The summed E-state index contributed by atoms with van der Waals surface area (Å²) in [5, 5.41) is 3.36. The Balaban J connectivity index is 1.31. The van der Waals surface area contributed by atoms with E-state index in [-0.39, 0.29) is 29.5 Å². The quantitative estimate of drug-likeness (QED) is 0.677. The SMILES string of the molecule is COc1ccc(S[C@@H]2C[C@@H](C(=O)N[C@@H]3CCS(=O)(=O)C3)N(C3Cc4ccccc4C3)C2)cc1. The molecule has 5 rings (SSSR count). The highest BCUT2D eigenvalue weighted by molar-refractivity contribution is 8.00. The molecule has 0 radical (unpaired) electrons. The molecule has 1 N–H and O–H groups in total. The number of nitrogens with one attached hydrogen (secondary N) is 1. The van der Waals surface area contributed by atoms with Crippen molar-refractivity contribution in [3.8, 4) is 5.75 Å². The molecule has 2 heterocycles. The van der Waals surface area contributed by atoms with Crippen LogP contribution >= 0.6 is 11.8 Å². The molecule has 6 nitrogen and oxygen atoms in total. The Morgan fingerprint density at radius 1 is 1.09 bits per heavy atom. The molecule has 3 aliphatic rings. The van der Waals surface area contributed by atoms with E-state index in [1.165, 1.54) is 16.0 Å². The number of amides is 1. The predicted molar refractivity (Wildman–Crippen MR) is 131 cm³/mol. The minimum Gasteiger partial charge on any atom is -0.497 e.